The first kappa shape index (κ1) is 15.5. The van der Waals surface area contributed by atoms with E-state index in [1.54, 1.807) is 0 Å². The molecule has 0 radical (unpaired) electrons. The number of likely N-dealkylation sites (N-methyl/N-ethyl adjacent to an activating group) is 2. The topological polar surface area (TPSA) is 9.72 Å². The van der Waals surface area contributed by atoms with E-state index in [1.807, 2.05) is 11.3 Å². The van der Waals surface area contributed by atoms with Crippen LogP contribution in [-0.2, 0) is 6.54 Å². The highest BCUT2D eigenvalue weighted by atomic mass is 32.1. The molecule has 21 heavy (non-hydrogen) atoms. The number of thiophene rings is 1. The summed E-state index contributed by atoms with van der Waals surface area (Å²) in [5.41, 5.74) is 0. The molecule has 0 bridgehead atoms. The highest BCUT2D eigenvalue weighted by Gasteiger charge is 2.41. The van der Waals surface area contributed by atoms with Crippen molar-refractivity contribution in [3.8, 4) is 0 Å². The second-order valence-electron chi connectivity index (χ2n) is 7.18. The van der Waals surface area contributed by atoms with Crippen LogP contribution in [0.2, 0.25) is 0 Å². The van der Waals surface area contributed by atoms with E-state index in [4.69, 9.17) is 0 Å². The van der Waals surface area contributed by atoms with Crippen molar-refractivity contribution in [1.82, 2.24) is 14.7 Å². The molecule has 0 N–H and O–H groups in total. The zero-order valence-electron chi connectivity index (χ0n) is 13.9. The average molecular weight is 308 g/mol. The maximum atomic E-state index is 2.68. The predicted octanol–water partition coefficient (Wildman–Crippen LogP) is 2.51. The van der Waals surface area contributed by atoms with Gasteiger partial charge in [-0.3, -0.25) is 9.80 Å². The first-order valence-electron chi connectivity index (χ1n) is 8.17. The number of hydrogen-bond acceptors (Lipinski definition) is 4. The van der Waals surface area contributed by atoms with Crippen molar-refractivity contribution in [2.75, 3.05) is 40.8 Å². The molecule has 0 spiro atoms. The van der Waals surface area contributed by atoms with Crippen LogP contribution in [0.5, 0.6) is 0 Å². The standard InChI is InChI=1S/C17H29N3S/c1-13-5-6-16(21-13)12-20-8-7-17-14(10-20)9-15(19(17)4)11-18(2)3/h5-6,14-15,17H,7-12H2,1-4H3/t14-,15+,17+/m1/s1. The van der Waals surface area contributed by atoms with Crippen LogP contribution < -0.4 is 0 Å². The quantitative estimate of drug-likeness (QED) is 0.846. The Morgan fingerprint density at radius 1 is 1.33 bits per heavy atom. The van der Waals surface area contributed by atoms with E-state index in [2.05, 4.69) is 54.9 Å². The zero-order valence-corrected chi connectivity index (χ0v) is 14.7. The Kier molecular flexibility index (Phi) is 4.69. The van der Waals surface area contributed by atoms with Gasteiger partial charge in [-0.2, -0.15) is 0 Å². The van der Waals surface area contributed by atoms with Gasteiger partial charge in [-0.05, 0) is 59.0 Å². The van der Waals surface area contributed by atoms with Crippen LogP contribution in [0.4, 0.5) is 0 Å². The van der Waals surface area contributed by atoms with Crippen LogP contribution in [0.1, 0.15) is 22.6 Å². The van der Waals surface area contributed by atoms with Gasteiger partial charge in [0.15, 0.2) is 0 Å². The molecule has 0 aliphatic carbocycles. The van der Waals surface area contributed by atoms with Crippen molar-refractivity contribution in [3.05, 3.63) is 21.9 Å². The summed E-state index contributed by atoms with van der Waals surface area (Å²) in [6.45, 7) is 7.11. The Morgan fingerprint density at radius 2 is 2.14 bits per heavy atom. The van der Waals surface area contributed by atoms with Crippen LogP contribution in [0, 0.1) is 12.8 Å². The van der Waals surface area contributed by atoms with Crippen molar-refractivity contribution in [2.24, 2.45) is 5.92 Å². The number of fused-ring (bicyclic) bond motifs is 1. The molecule has 2 aliphatic rings. The number of piperidine rings is 1. The number of rotatable bonds is 4. The summed E-state index contributed by atoms with van der Waals surface area (Å²) in [5, 5.41) is 0. The van der Waals surface area contributed by atoms with Crippen molar-refractivity contribution in [1.29, 1.82) is 0 Å². The smallest absolute Gasteiger partial charge is 0.0328 e. The molecule has 3 atom stereocenters. The van der Waals surface area contributed by atoms with Crippen molar-refractivity contribution in [3.63, 3.8) is 0 Å². The second-order valence-corrected chi connectivity index (χ2v) is 8.55. The fourth-order valence-corrected chi connectivity index (χ4v) is 5.14. The summed E-state index contributed by atoms with van der Waals surface area (Å²) < 4.78 is 0. The summed E-state index contributed by atoms with van der Waals surface area (Å²) in [5.74, 6) is 0.870. The van der Waals surface area contributed by atoms with Crippen LogP contribution in [0.15, 0.2) is 12.1 Å². The van der Waals surface area contributed by atoms with Gasteiger partial charge < -0.3 is 4.90 Å². The van der Waals surface area contributed by atoms with Crippen molar-refractivity contribution >= 4 is 11.3 Å². The van der Waals surface area contributed by atoms with E-state index < -0.39 is 0 Å². The normalized spacial score (nSPS) is 31.0. The Labute approximate surface area is 133 Å². The minimum Gasteiger partial charge on any atom is -0.308 e. The van der Waals surface area contributed by atoms with E-state index in [1.165, 1.54) is 42.2 Å². The Bertz CT molecular complexity index is 470. The molecule has 1 aromatic rings. The van der Waals surface area contributed by atoms with E-state index in [0.717, 1.165) is 24.5 Å². The molecular weight excluding hydrogens is 278 g/mol. The van der Waals surface area contributed by atoms with Crippen LogP contribution in [0.3, 0.4) is 0 Å². The molecule has 0 aromatic carbocycles. The predicted molar refractivity (Wildman–Crippen MR) is 91.0 cm³/mol. The first-order chi connectivity index (χ1) is 10.0. The maximum Gasteiger partial charge on any atom is 0.0328 e. The number of likely N-dealkylation sites (tertiary alicyclic amines) is 2. The highest BCUT2D eigenvalue weighted by molar-refractivity contribution is 7.11. The highest BCUT2D eigenvalue weighted by Crippen LogP contribution is 2.35. The van der Waals surface area contributed by atoms with E-state index in [9.17, 15) is 0 Å². The van der Waals surface area contributed by atoms with Gasteiger partial charge in [0.2, 0.25) is 0 Å². The second kappa shape index (κ2) is 6.37. The Balaban J connectivity index is 1.58. The van der Waals surface area contributed by atoms with Gasteiger partial charge in [0.1, 0.15) is 0 Å². The van der Waals surface area contributed by atoms with Crippen LogP contribution >= 0.6 is 11.3 Å². The molecule has 1 aromatic heterocycles. The summed E-state index contributed by atoms with van der Waals surface area (Å²) in [6, 6.07) is 6.13. The van der Waals surface area contributed by atoms with Gasteiger partial charge in [-0.1, -0.05) is 0 Å². The lowest BCUT2D eigenvalue weighted by molar-refractivity contribution is 0.109. The molecule has 3 rings (SSSR count). The molecule has 0 amide bonds. The minimum atomic E-state index is 0.749. The number of nitrogens with zero attached hydrogens (tertiary/aromatic N) is 3. The van der Waals surface area contributed by atoms with Crippen LogP contribution in [0.25, 0.3) is 0 Å². The maximum absolute atomic E-state index is 2.68. The van der Waals surface area contributed by atoms with Crippen molar-refractivity contribution in [2.45, 2.75) is 38.4 Å². The first-order valence-corrected chi connectivity index (χ1v) is 8.99. The van der Waals surface area contributed by atoms with E-state index in [-0.39, 0.29) is 0 Å². The molecule has 4 heteroatoms. The number of hydrogen-bond donors (Lipinski definition) is 0. The third-order valence-corrected chi connectivity index (χ3v) is 6.19. The Morgan fingerprint density at radius 3 is 2.81 bits per heavy atom. The SMILES string of the molecule is Cc1ccc(CN2CC[C@H]3[C@H](C[C@@H](CN(C)C)N3C)C2)s1. The summed E-state index contributed by atoms with van der Waals surface area (Å²) in [6.07, 6.45) is 2.72. The lowest BCUT2D eigenvalue weighted by Crippen LogP contribution is -2.45. The van der Waals surface area contributed by atoms with Gasteiger partial charge in [0, 0.05) is 48.0 Å². The van der Waals surface area contributed by atoms with E-state index >= 15 is 0 Å². The fourth-order valence-electron chi connectivity index (χ4n) is 4.21. The molecule has 2 saturated heterocycles. The summed E-state index contributed by atoms with van der Waals surface area (Å²) >= 11 is 1.96. The monoisotopic (exact) mass is 307 g/mol. The van der Waals surface area contributed by atoms with E-state index in [0.29, 0.717) is 0 Å². The fraction of sp³-hybridized carbons (Fsp3) is 0.765. The third-order valence-electron chi connectivity index (χ3n) is 5.20. The third kappa shape index (κ3) is 3.50. The summed E-state index contributed by atoms with van der Waals surface area (Å²) in [4.78, 5) is 10.6. The number of aryl methyl sites for hydroxylation is 1. The molecule has 118 valence electrons. The zero-order chi connectivity index (χ0) is 15.0. The molecule has 3 heterocycles. The molecule has 2 fully saturated rings. The lowest BCUT2D eigenvalue weighted by Gasteiger charge is -2.37. The average Bonchev–Trinajstić information content (AvgIpc) is 2.94. The molecule has 2 aliphatic heterocycles. The Hall–Kier alpha value is -0.420. The van der Waals surface area contributed by atoms with Gasteiger partial charge >= 0.3 is 0 Å². The van der Waals surface area contributed by atoms with Gasteiger partial charge in [-0.25, -0.2) is 0 Å². The van der Waals surface area contributed by atoms with Gasteiger partial charge in [0.05, 0.1) is 0 Å². The lowest BCUT2D eigenvalue weighted by atomic mass is 9.92. The summed E-state index contributed by atoms with van der Waals surface area (Å²) in [7, 11) is 6.74. The molecular formula is C17H29N3S. The van der Waals surface area contributed by atoms with Gasteiger partial charge in [0.25, 0.3) is 0 Å². The van der Waals surface area contributed by atoms with Crippen molar-refractivity contribution < 1.29 is 0 Å². The molecule has 3 nitrogen and oxygen atoms in total. The largest absolute Gasteiger partial charge is 0.308 e. The van der Waals surface area contributed by atoms with Crippen LogP contribution in [-0.4, -0.2) is 67.6 Å². The molecule has 0 unspecified atom stereocenters. The minimum absolute atomic E-state index is 0.749. The van der Waals surface area contributed by atoms with Gasteiger partial charge in [-0.15, -0.1) is 11.3 Å². The molecule has 0 saturated carbocycles.